The fourth-order valence-corrected chi connectivity index (χ4v) is 3.16. The minimum Gasteiger partial charge on any atom is -0.394 e. The second-order valence-electron chi connectivity index (χ2n) is 6.48. The van der Waals surface area contributed by atoms with E-state index in [1.54, 1.807) is 0 Å². The number of nitrogens with one attached hydrogen (secondary N) is 1. The molecular weight excluding hydrogens is 370 g/mol. The van der Waals surface area contributed by atoms with E-state index in [0.29, 0.717) is 0 Å². The molecule has 0 aromatic rings. The second kappa shape index (κ2) is 9.52. The molecule has 0 aromatic carbocycles. The molecule has 2 rings (SSSR count). The van der Waals surface area contributed by atoms with Gasteiger partial charge in [0, 0.05) is 14.0 Å². The molecule has 2 heterocycles. The highest BCUT2D eigenvalue weighted by atomic mass is 16.7. The van der Waals surface area contributed by atoms with Crippen LogP contribution in [0, 0.1) is 0 Å². The maximum absolute atomic E-state index is 11.4. The summed E-state index contributed by atoms with van der Waals surface area (Å²) in [7, 11) is 1.29. The molecule has 0 unspecified atom stereocenters. The summed E-state index contributed by atoms with van der Waals surface area (Å²) < 4.78 is 21.3. The van der Waals surface area contributed by atoms with Crippen molar-refractivity contribution in [2.75, 3.05) is 20.3 Å². The van der Waals surface area contributed by atoms with Crippen LogP contribution in [-0.2, 0) is 23.7 Å². The molecule has 0 bridgehead atoms. The Morgan fingerprint density at radius 2 is 1.52 bits per heavy atom. The Labute approximate surface area is 155 Å². The molecule has 7 N–H and O–H groups in total. The Balaban J connectivity index is 2.19. The van der Waals surface area contributed by atoms with Crippen molar-refractivity contribution in [3.05, 3.63) is 0 Å². The first kappa shape index (κ1) is 22.4. The lowest BCUT2D eigenvalue weighted by Gasteiger charge is -2.46. The number of hydrogen-bond donors (Lipinski definition) is 7. The molecule has 2 saturated heterocycles. The van der Waals surface area contributed by atoms with E-state index < -0.39 is 80.5 Å². The number of aliphatic hydroxyl groups is 6. The molecule has 10 atom stereocenters. The van der Waals surface area contributed by atoms with Gasteiger partial charge in [-0.15, -0.1) is 0 Å². The molecule has 12 nitrogen and oxygen atoms in total. The molecule has 0 aromatic heterocycles. The smallest absolute Gasteiger partial charge is 0.217 e. The summed E-state index contributed by atoms with van der Waals surface area (Å²) in [5.74, 6) is -0.473. The van der Waals surface area contributed by atoms with Gasteiger partial charge >= 0.3 is 0 Å². The fourth-order valence-electron chi connectivity index (χ4n) is 3.16. The number of ether oxygens (including phenoxy) is 4. The van der Waals surface area contributed by atoms with Crippen molar-refractivity contribution in [1.82, 2.24) is 5.32 Å². The van der Waals surface area contributed by atoms with Gasteiger partial charge in [-0.2, -0.15) is 0 Å². The van der Waals surface area contributed by atoms with E-state index >= 15 is 0 Å². The average molecular weight is 397 g/mol. The predicted octanol–water partition coefficient (Wildman–Crippen LogP) is -4.60. The molecule has 0 spiro atoms. The molecule has 27 heavy (non-hydrogen) atoms. The predicted molar refractivity (Wildman–Crippen MR) is 85.0 cm³/mol. The Morgan fingerprint density at radius 3 is 2.04 bits per heavy atom. The Kier molecular flexibility index (Phi) is 7.88. The van der Waals surface area contributed by atoms with Crippen LogP contribution in [0.1, 0.15) is 6.92 Å². The van der Waals surface area contributed by atoms with Crippen molar-refractivity contribution in [1.29, 1.82) is 0 Å². The first-order valence-electron chi connectivity index (χ1n) is 8.45. The summed E-state index contributed by atoms with van der Waals surface area (Å²) >= 11 is 0. The SMILES string of the molecule is CO[C@H]1O[C@H](CO)[C@@H](O[C@@H]2O[C@H](CO)[C@H](O)[C@H](O)[C@H]2O)[C@H](O)[C@H]1NC(C)=O. The minimum atomic E-state index is -1.70. The van der Waals surface area contributed by atoms with Gasteiger partial charge in [0.05, 0.1) is 13.2 Å². The van der Waals surface area contributed by atoms with Gasteiger partial charge in [-0.05, 0) is 0 Å². The van der Waals surface area contributed by atoms with E-state index in [-0.39, 0.29) is 0 Å². The van der Waals surface area contributed by atoms with Gasteiger partial charge in [0.25, 0.3) is 0 Å². The van der Waals surface area contributed by atoms with Crippen molar-refractivity contribution >= 4 is 5.91 Å². The number of amides is 1. The number of carbonyl (C=O) groups excluding carboxylic acids is 1. The molecular formula is C15H27NO11. The van der Waals surface area contributed by atoms with Gasteiger partial charge in [-0.3, -0.25) is 4.79 Å². The van der Waals surface area contributed by atoms with Crippen LogP contribution in [0.5, 0.6) is 0 Å². The Hall–Kier alpha value is -0.930. The third-order valence-corrected chi connectivity index (χ3v) is 4.59. The first-order chi connectivity index (χ1) is 12.7. The van der Waals surface area contributed by atoms with Gasteiger partial charge < -0.3 is 54.9 Å². The van der Waals surface area contributed by atoms with Crippen LogP contribution >= 0.6 is 0 Å². The van der Waals surface area contributed by atoms with E-state index in [4.69, 9.17) is 18.9 Å². The highest BCUT2D eigenvalue weighted by molar-refractivity contribution is 5.73. The average Bonchev–Trinajstić information content (AvgIpc) is 2.64. The molecule has 2 fully saturated rings. The van der Waals surface area contributed by atoms with E-state index in [1.807, 2.05) is 0 Å². The molecule has 0 radical (unpaired) electrons. The zero-order valence-corrected chi connectivity index (χ0v) is 14.9. The van der Waals surface area contributed by atoms with E-state index in [9.17, 15) is 35.4 Å². The van der Waals surface area contributed by atoms with E-state index in [0.717, 1.165) is 0 Å². The lowest BCUT2D eigenvalue weighted by molar-refractivity contribution is -0.346. The van der Waals surface area contributed by atoms with Crippen molar-refractivity contribution in [3.8, 4) is 0 Å². The van der Waals surface area contributed by atoms with E-state index in [1.165, 1.54) is 14.0 Å². The highest BCUT2D eigenvalue weighted by Gasteiger charge is 2.51. The molecule has 2 aliphatic rings. The Morgan fingerprint density at radius 1 is 0.926 bits per heavy atom. The van der Waals surface area contributed by atoms with Crippen LogP contribution in [-0.4, -0.2) is 118 Å². The zero-order valence-electron chi connectivity index (χ0n) is 14.9. The number of carbonyl (C=O) groups is 1. The number of hydrogen-bond acceptors (Lipinski definition) is 11. The van der Waals surface area contributed by atoms with Crippen LogP contribution in [0.25, 0.3) is 0 Å². The van der Waals surface area contributed by atoms with Crippen LogP contribution in [0.3, 0.4) is 0 Å². The molecule has 0 saturated carbocycles. The summed E-state index contributed by atoms with van der Waals surface area (Å²) in [6.07, 6.45) is -12.6. The Bertz CT molecular complexity index is 492. The number of aliphatic hydroxyl groups excluding tert-OH is 6. The molecule has 12 heteroatoms. The van der Waals surface area contributed by atoms with Gasteiger partial charge in [-0.25, -0.2) is 0 Å². The fraction of sp³-hybridized carbons (Fsp3) is 0.933. The van der Waals surface area contributed by atoms with Crippen molar-refractivity contribution in [2.24, 2.45) is 0 Å². The third-order valence-electron chi connectivity index (χ3n) is 4.59. The lowest BCUT2D eigenvalue weighted by atomic mass is 9.95. The molecule has 2 aliphatic heterocycles. The summed E-state index contributed by atoms with van der Waals surface area (Å²) in [5.41, 5.74) is 0. The summed E-state index contributed by atoms with van der Waals surface area (Å²) in [6.45, 7) is -0.0188. The largest absolute Gasteiger partial charge is 0.394 e. The molecule has 1 amide bonds. The third kappa shape index (κ3) is 4.74. The van der Waals surface area contributed by atoms with Crippen LogP contribution < -0.4 is 5.32 Å². The molecule has 158 valence electrons. The van der Waals surface area contributed by atoms with Crippen LogP contribution in [0.15, 0.2) is 0 Å². The standard InChI is InChI=1S/C15H27NO11/c1-5(19)16-8-10(21)13(7(4-18)26-14(8)24-2)27-15-12(23)11(22)9(20)6(3-17)25-15/h6-15,17-18,20-23H,3-4H2,1-2H3,(H,16,19)/t6-,7-,8-,9+,10-,11+,12-,13-,14+,15+/m1/s1. The monoisotopic (exact) mass is 397 g/mol. The van der Waals surface area contributed by atoms with Gasteiger partial charge in [0.2, 0.25) is 5.91 Å². The van der Waals surface area contributed by atoms with Gasteiger partial charge in [0.15, 0.2) is 12.6 Å². The lowest BCUT2D eigenvalue weighted by Crippen LogP contribution is -2.67. The summed E-state index contributed by atoms with van der Waals surface area (Å²) in [6, 6.07) is -1.05. The number of methoxy groups -OCH3 is 1. The molecule has 0 aliphatic carbocycles. The van der Waals surface area contributed by atoms with E-state index in [2.05, 4.69) is 5.32 Å². The zero-order chi connectivity index (χ0) is 20.3. The van der Waals surface area contributed by atoms with Gasteiger partial charge in [-0.1, -0.05) is 0 Å². The van der Waals surface area contributed by atoms with Crippen molar-refractivity contribution in [3.63, 3.8) is 0 Å². The summed E-state index contributed by atoms with van der Waals surface area (Å²) in [4.78, 5) is 11.4. The maximum Gasteiger partial charge on any atom is 0.217 e. The number of rotatable bonds is 6. The topological polar surface area (TPSA) is 187 Å². The van der Waals surface area contributed by atoms with Gasteiger partial charge in [0.1, 0.15) is 48.8 Å². The van der Waals surface area contributed by atoms with Crippen molar-refractivity contribution in [2.45, 2.75) is 68.3 Å². The minimum absolute atomic E-state index is 0.473. The van der Waals surface area contributed by atoms with Crippen LogP contribution in [0.2, 0.25) is 0 Å². The normalized spacial score (nSPS) is 45.5. The van der Waals surface area contributed by atoms with Crippen molar-refractivity contribution < 1.29 is 54.4 Å². The summed E-state index contributed by atoms with van der Waals surface area (Å²) in [5, 5.41) is 61.6. The second-order valence-corrected chi connectivity index (χ2v) is 6.48. The quantitative estimate of drug-likeness (QED) is 0.228. The van der Waals surface area contributed by atoms with Crippen LogP contribution in [0.4, 0.5) is 0 Å². The highest BCUT2D eigenvalue weighted by Crippen LogP contribution is 2.29. The first-order valence-corrected chi connectivity index (χ1v) is 8.45. The maximum atomic E-state index is 11.4.